The number of esters is 1. The van der Waals surface area contributed by atoms with Crippen LogP contribution in [-0.2, 0) is 23.8 Å². The quantitative estimate of drug-likeness (QED) is 0.697. The topological polar surface area (TPSA) is 65.1 Å². The van der Waals surface area contributed by atoms with Gasteiger partial charge < -0.3 is 19.1 Å². The SMILES string of the molecule is COC(=O)C1(N(C)C(=O)[C@@H](C)OC[C@H]2CCCCO2)CCCC1. The molecule has 2 fully saturated rings. The van der Waals surface area contributed by atoms with E-state index in [-0.39, 0.29) is 18.0 Å². The van der Waals surface area contributed by atoms with Crippen LogP contribution in [-0.4, -0.2) is 61.9 Å². The number of likely N-dealkylation sites (N-methyl/N-ethyl adjacent to an activating group) is 1. The summed E-state index contributed by atoms with van der Waals surface area (Å²) in [7, 11) is 3.06. The first-order chi connectivity index (χ1) is 11.0. The van der Waals surface area contributed by atoms with E-state index >= 15 is 0 Å². The number of rotatable bonds is 6. The molecule has 23 heavy (non-hydrogen) atoms. The van der Waals surface area contributed by atoms with Crippen LogP contribution in [0.1, 0.15) is 51.9 Å². The Morgan fingerprint density at radius 2 is 1.96 bits per heavy atom. The molecule has 0 unspecified atom stereocenters. The van der Waals surface area contributed by atoms with Crippen LogP contribution in [0.5, 0.6) is 0 Å². The lowest BCUT2D eigenvalue weighted by Crippen LogP contribution is -2.56. The molecule has 1 amide bonds. The molecular formula is C17H29NO5. The molecule has 0 aromatic heterocycles. The van der Waals surface area contributed by atoms with E-state index in [0.29, 0.717) is 19.4 Å². The molecular weight excluding hydrogens is 298 g/mol. The molecule has 1 saturated carbocycles. The summed E-state index contributed by atoms with van der Waals surface area (Å²) in [6.07, 6.45) is 5.86. The van der Waals surface area contributed by atoms with E-state index in [0.717, 1.165) is 38.7 Å². The van der Waals surface area contributed by atoms with Gasteiger partial charge in [-0.25, -0.2) is 4.79 Å². The van der Waals surface area contributed by atoms with Crippen LogP contribution in [0.25, 0.3) is 0 Å². The van der Waals surface area contributed by atoms with Gasteiger partial charge in [0.05, 0.1) is 19.8 Å². The summed E-state index contributed by atoms with van der Waals surface area (Å²) in [6.45, 7) is 2.93. The maximum Gasteiger partial charge on any atom is 0.331 e. The molecule has 0 bridgehead atoms. The van der Waals surface area contributed by atoms with E-state index in [1.807, 2.05) is 0 Å². The van der Waals surface area contributed by atoms with E-state index in [2.05, 4.69) is 0 Å². The van der Waals surface area contributed by atoms with Crippen molar-refractivity contribution >= 4 is 11.9 Å². The second-order valence-corrected chi connectivity index (χ2v) is 6.59. The normalized spacial score (nSPS) is 24.9. The first-order valence-corrected chi connectivity index (χ1v) is 8.60. The Labute approximate surface area is 138 Å². The third-order valence-corrected chi connectivity index (χ3v) is 5.12. The Balaban J connectivity index is 1.92. The second-order valence-electron chi connectivity index (χ2n) is 6.59. The minimum absolute atomic E-state index is 0.0744. The number of amides is 1. The molecule has 1 aliphatic heterocycles. The summed E-state index contributed by atoms with van der Waals surface area (Å²) < 4.78 is 16.3. The summed E-state index contributed by atoms with van der Waals surface area (Å²) in [5.74, 6) is -0.498. The van der Waals surface area contributed by atoms with Crippen LogP contribution in [0.3, 0.4) is 0 Å². The monoisotopic (exact) mass is 327 g/mol. The van der Waals surface area contributed by atoms with Crippen molar-refractivity contribution in [3.63, 3.8) is 0 Å². The van der Waals surface area contributed by atoms with Gasteiger partial charge in [-0.3, -0.25) is 4.79 Å². The predicted molar refractivity (Wildman–Crippen MR) is 85.0 cm³/mol. The second kappa shape index (κ2) is 8.11. The summed E-state index contributed by atoms with van der Waals surface area (Å²) in [6, 6.07) is 0. The standard InChI is InChI=1S/C17H29NO5/c1-13(23-12-14-8-4-7-11-22-14)15(19)18(2)17(16(20)21-3)9-5-6-10-17/h13-14H,4-12H2,1-3H3/t13-,14-/m1/s1. The van der Waals surface area contributed by atoms with Crippen molar-refractivity contribution in [3.05, 3.63) is 0 Å². The lowest BCUT2D eigenvalue weighted by atomic mass is 9.95. The zero-order valence-corrected chi connectivity index (χ0v) is 14.5. The fourth-order valence-electron chi connectivity index (χ4n) is 3.57. The molecule has 6 nitrogen and oxygen atoms in total. The van der Waals surface area contributed by atoms with Gasteiger partial charge in [-0.2, -0.15) is 0 Å². The van der Waals surface area contributed by atoms with E-state index in [9.17, 15) is 9.59 Å². The molecule has 132 valence electrons. The highest BCUT2D eigenvalue weighted by molar-refractivity contribution is 5.90. The van der Waals surface area contributed by atoms with Gasteiger partial charge in [0.2, 0.25) is 0 Å². The molecule has 6 heteroatoms. The van der Waals surface area contributed by atoms with Crippen molar-refractivity contribution in [2.75, 3.05) is 27.4 Å². The molecule has 1 saturated heterocycles. The minimum atomic E-state index is -0.829. The van der Waals surface area contributed by atoms with Crippen LogP contribution >= 0.6 is 0 Å². The molecule has 0 aromatic carbocycles. The summed E-state index contributed by atoms with van der Waals surface area (Å²) in [4.78, 5) is 26.5. The predicted octanol–water partition coefficient (Wildman–Crippen LogP) is 1.90. The van der Waals surface area contributed by atoms with Gasteiger partial charge in [0.15, 0.2) is 0 Å². The van der Waals surface area contributed by atoms with Crippen molar-refractivity contribution in [1.29, 1.82) is 0 Å². The molecule has 0 aromatic rings. The Bertz CT molecular complexity index is 413. The van der Waals surface area contributed by atoms with Gasteiger partial charge in [-0.1, -0.05) is 12.8 Å². The summed E-state index contributed by atoms with van der Waals surface area (Å²) in [5, 5.41) is 0. The Kier molecular flexibility index (Phi) is 6.41. The zero-order chi connectivity index (χ0) is 16.9. The third kappa shape index (κ3) is 4.04. The van der Waals surface area contributed by atoms with Gasteiger partial charge in [0, 0.05) is 13.7 Å². The first kappa shape index (κ1) is 18.2. The van der Waals surface area contributed by atoms with Crippen LogP contribution in [0.15, 0.2) is 0 Å². The maximum atomic E-state index is 12.7. The molecule has 1 heterocycles. The Morgan fingerprint density at radius 3 is 2.52 bits per heavy atom. The summed E-state index contributed by atoms with van der Waals surface area (Å²) >= 11 is 0. The van der Waals surface area contributed by atoms with Gasteiger partial charge in [-0.15, -0.1) is 0 Å². The number of nitrogens with zero attached hydrogens (tertiary/aromatic N) is 1. The number of carbonyl (C=O) groups is 2. The molecule has 2 aliphatic rings. The molecule has 0 spiro atoms. The average molecular weight is 327 g/mol. The Morgan fingerprint density at radius 1 is 1.26 bits per heavy atom. The summed E-state index contributed by atoms with van der Waals surface area (Å²) in [5.41, 5.74) is -0.829. The van der Waals surface area contributed by atoms with E-state index in [4.69, 9.17) is 14.2 Å². The highest BCUT2D eigenvalue weighted by Gasteiger charge is 2.48. The molecule has 0 N–H and O–H groups in total. The number of hydrogen-bond acceptors (Lipinski definition) is 5. The van der Waals surface area contributed by atoms with E-state index in [1.165, 1.54) is 12.0 Å². The van der Waals surface area contributed by atoms with E-state index in [1.54, 1.807) is 14.0 Å². The number of ether oxygens (including phenoxy) is 3. The van der Waals surface area contributed by atoms with Gasteiger partial charge in [0.25, 0.3) is 5.91 Å². The van der Waals surface area contributed by atoms with Crippen LogP contribution in [0, 0.1) is 0 Å². The Hall–Kier alpha value is -1.14. The first-order valence-electron chi connectivity index (χ1n) is 8.60. The molecule has 2 atom stereocenters. The third-order valence-electron chi connectivity index (χ3n) is 5.12. The van der Waals surface area contributed by atoms with E-state index < -0.39 is 11.6 Å². The van der Waals surface area contributed by atoms with Crippen molar-refractivity contribution < 1.29 is 23.8 Å². The van der Waals surface area contributed by atoms with Crippen molar-refractivity contribution in [2.45, 2.75) is 69.6 Å². The largest absolute Gasteiger partial charge is 0.467 e. The van der Waals surface area contributed by atoms with Gasteiger partial charge in [0.1, 0.15) is 11.6 Å². The van der Waals surface area contributed by atoms with Crippen molar-refractivity contribution in [3.8, 4) is 0 Å². The highest BCUT2D eigenvalue weighted by Crippen LogP contribution is 2.36. The smallest absolute Gasteiger partial charge is 0.331 e. The van der Waals surface area contributed by atoms with Crippen LogP contribution in [0.2, 0.25) is 0 Å². The number of hydrogen-bond donors (Lipinski definition) is 0. The highest BCUT2D eigenvalue weighted by atomic mass is 16.5. The van der Waals surface area contributed by atoms with Gasteiger partial charge in [-0.05, 0) is 39.0 Å². The van der Waals surface area contributed by atoms with Crippen LogP contribution < -0.4 is 0 Å². The zero-order valence-electron chi connectivity index (χ0n) is 14.5. The van der Waals surface area contributed by atoms with Crippen LogP contribution in [0.4, 0.5) is 0 Å². The van der Waals surface area contributed by atoms with Crippen molar-refractivity contribution in [2.24, 2.45) is 0 Å². The molecule has 1 aliphatic carbocycles. The lowest BCUT2D eigenvalue weighted by molar-refractivity contribution is -0.165. The maximum absolute atomic E-state index is 12.7. The number of methoxy groups -OCH3 is 1. The molecule has 0 radical (unpaired) electrons. The van der Waals surface area contributed by atoms with Crippen molar-refractivity contribution in [1.82, 2.24) is 4.90 Å². The fraction of sp³-hybridized carbons (Fsp3) is 0.882. The van der Waals surface area contributed by atoms with Gasteiger partial charge >= 0.3 is 5.97 Å². The molecule has 2 rings (SSSR count). The number of carbonyl (C=O) groups excluding carboxylic acids is 2. The lowest BCUT2D eigenvalue weighted by Gasteiger charge is -2.37. The average Bonchev–Trinajstić information content (AvgIpc) is 3.09. The fourth-order valence-corrected chi connectivity index (χ4v) is 3.57. The minimum Gasteiger partial charge on any atom is -0.467 e.